The van der Waals surface area contributed by atoms with Crippen molar-refractivity contribution in [1.82, 2.24) is 10.6 Å². The maximum Gasteiger partial charge on any atom is 0.326 e. The van der Waals surface area contributed by atoms with Crippen molar-refractivity contribution in [1.29, 1.82) is 0 Å². The Morgan fingerprint density at radius 1 is 1.38 bits per heavy atom. The van der Waals surface area contributed by atoms with Crippen molar-refractivity contribution in [3.8, 4) is 0 Å². The van der Waals surface area contributed by atoms with Gasteiger partial charge in [0.15, 0.2) is 0 Å². The number of hydrogen-bond acceptors (Lipinski definition) is 3. The molecule has 0 saturated carbocycles. The number of unbranched alkanes of at least 4 members (excludes halogenated alkanes) is 4. The molecule has 0 aromatic rings. The normalized spacial score (nSPS) is 18.9. The van der Waals surface area contributed by atoms with Gasteiger partial charge in [0, 0.05) is 6.42 Å². The van der Waals surface area contributed by atoms with E-state index in [1.807, 2.05) is 6.08 Å². The summed E-state index contributed by atoms with van der Waals surface area (Å²) in [6, 6.07) is -1.47. The van der Waals surface area contributed by atoms with Crippen molar-refractivity contribution in [3.05, 3.63) is 12.7 Å². The highest BCUT2D eigenvalue weighted by molar-refractivity contribution is 5.92. The molecule has 0 spiro atoms. The van der Waals surface area contributed by atoms with Gasteiger partial charge in [-0.25, -0.2) is 4.79 Å². The fourth-order valence-corrected chi connectivity index (χ4v) is 2.33. The minimum absolute atomic E-state index is 0.163. The molecule has 2 atom stereocenters. The van der Waals surface area contributed by atoms with Crippen LogP contribution in [0.15, 0.2) is 12.7 Å². The number of carboxylic acids is 1. The van der Waals surface area contributed by atoms with Gasteiger partial charge in [-0.2, -0.15) is 0 Å². The Balaban J connectivity index is 2.29. The smallest absolute Gasteiger partial charge is 0.326 e. The van der Waals surface area contributed by atoms with E-state index >= 15 is 0 Å². The Labute approximate surface area is 125 Å². The Hall–Kier alpha value is -1.85. The van der Waals surface area contributed by atoms with Gasteiger partial charge in [-0.3, -0.25) is 9.59 Å². The van der Waals surface area contributed by atoms with Crippen LogP contribution >= 0.6 is 0 Å². The minimum atomic E-state index is -1.03. The summed E-state index contributed by atoms with van der Waals surface area (Å²) in [4.78, 5) is 34.1. The molecule has 1 heterocycles. The number of hydrogen-bond donors (Lipinski definition) is 3. The fourth-order valence-electron chi connectivity index (χ4n) is 2.33. The SMILES string of the molecule is C=CCCCCCC[C@H](NC(=O)[C@@H]1CCC(=O)N1)C(=O)O. The van der Waals surface area contributed by atoms with Crippen LogP contribution in [0.2, 0.25) is 0 Å². The van der Waals surface area contributed by atoms with Crippen molar-refractivity contribution in [2.45, 2.75) is 63.5 Å². The van der Waals surface area contributed by atoms with E-state index < -0.39 is 24.0 Å². The number of carbonyl (C=O) groups is 3. The van der Waals surface area contributed by atoms with E-state index in [0.717, 1.165) is 32.1 Å². The van der Waals surface area contributed by atoms with Crippen LogP contribution in [-0.2, 0) is 14.4 Å². The first kappa shape index (κ1) is 17.2. The molecular formula is C15H24N2O4. The second-order valence-corrected chi connectivity index (χ2v) is 5.34. The number of rotatable bonds is 10. The maximum atomic E-state index is 11.9. The molecule has 0 aromatic heterocycles. The second kappa shape index (κ2) is 9.15. The van der Waals surface area contributed by atoms with Crippen molar-refractivity contribution >= 4 is 17.8 Å². The summed E-state index contributed by atoms with van der Waals surface area (Å²) >= 11 is 0. The maximum absolute atomic E-state index is 11.9. The van der Waals surface area contributed by atoms with E-state index in [-0.39, 0.29) is 5.91 Å². The van der Waals surface area contributed by atoms with Crippen LogP contribution in [-0.4, -0.2) is 35.0 Å². The van der Waals surface area contributed by atoms with Gasteiger partial charge in [0.1, 0.15) is 12.1 Å². The highest BCUT2D eigenvalue weighted by Crippen LogP contribution is 2.10. The Bertz CT molecular complexity index is 395. The van der Waals surface area contributed by atoms with Crippen molar-refractivity contribution < 1.29 is 19.5 Å². The molecule has 1 fully saturated rings. The topological polar surface area (TPSA) is 95.5 Å². The summed E-state index contributed by atoms with van der Waals surface area (Å²) in [6.45, 7) is 3.65. The molecule has 1 rings (SSSR count). The van der Waals surface area contributed by atoms with E-state index in [2.05, 4.69) is 17.2 Å². The lowest BCUT2D eigenvalue weighted by atomic mass is 10.1. The highest BCUT2D eigenvalue weighted by atomic mass is 16.4. The Morgan fingerprint density at radius 2 is 2.10 bits per heavy atom. The van der Waals surface area contributed by atoms with Crippen LogP contribution < -0.4 is 10.6 Å². The number of carbonyl (C=O) groups excluding carboxylic acids is 2. The number of aliphatic carboxylic acids is 1. The summed E-state index contributed by atoms with van der Waals surface area (Å²) in [5.41, 5.74) is 0. The van der Waals surface area contributed by atoms with Gasteiger partial charge < -0.3 is 15.7 Å². The van der Waals surface area contributed by atoms with Crippen LogP contribution in [0.5, 0.6) is 0 Å². The van der Waals surface area contributed by atoms with Gasteiger partial charge in [0.25, 0.3) is 0 Å². The molecule has 0 aliphatic carbocycles. The first-order valence-corrected chi connectivity index (χ1v) is 7.48. The van der Waals surface area contributed by atoms with Crippen molar-refractivity contribution in [3.63, 3.8) is 0 Å². The van der Waals surface area contributed by atoms with Crippen LogP contribution in [0.4, 0.5) is 0 Å². The van der Waals surface area contributed by atoms with E-state index in [0.29, 0.717) is 19.3 Å². The molecule has 0 bridgehead atoms. The summed E-state index contributed by atoms with van der Waals surface area (Å²) < 4.78 is 0. The van der Waals surface area contributed by atoms with Gasteiger partial charge in [0.2, 0.25) is 11.8 Å². The van der Waals surface area contributed by atoms with Crippen molar-refractivity contribution in [2.24, 2.45) is 0 Å². The second-order valence-electron chi connectivity index (χ2n) is 5.34. The lowest BCUT2D eigenvalue weighted by Gasteiger charge is -2.17. The third-order valence-corrected chi connectivity index (χ3v) is 3.58. The molecule has 6 nitrogen and oxygen atoms in total. The lowest BCUT2D eigenvalue weighted by molar-refractivity contribution is -0.142. The monoisotopic (exact) mass is 296 g/mol. The van der Waals surface area contributed by atoms with Gasteiger partial charge in [0.05, 0.1) is 0 Å². The summed E-state index contributed by atoms with van der Waals surface area (Å²) in [5, 5.41) is 14.2. The van der Waals surface area contributed by atoms with Crippen LogP contribution in [0.3, 0.4) is 0 Å². The molecule has 0 aromatic carbocycles. The third-order valence-electron chi connectivity index (χ3n) is 3.58. The van der Waals surface area contributed by atoms with Gasteiger partial charge in [-0.1, -0.05) is 25.3 Å². The third kappa shape index (κ3) is 6.42. The molecule has 1 saturated heterocycles. The summed E-state index contributed by atoms with van der Waals surface area (Å²) in [7, 11) is 0. The number of nitrogens with one attached hydrogen (secondary N) is 2. The number of allylic oxidation sites excluding steroid dienone is 1. The van der Waals surface area contributed by atoms with Crippen LogP contribution in [0, 0.1) is 0 Å². The Morgan fingerprint density at radius 3 is 2.67 bits per heavy atom. The highest BCUT2D eigenvalue weighted by Gasteiger charge is 2.30. The predicted octanol–water partition coefficient (Wildman–Crippen LogP) is 1.36. The first-order chi connectivity index (χ1) is 10.0. The van der Waals surface area contributed by atoms with Crippen LogP contribution in [0.1, 0.15) is 51.4 Å². The molecule has 0 unspecified atom stereocenters. The Kier molecular flexibility index (Phi) is 7.50. The quantitative estimate of drug-likeness (QED) is 0.419. The predicted molar refractivity (Wildman–Crippen MR) is 78.6 cm³/mol. The summed E-state index contributed by atoms with van der Waals surface area (Å²) in [5.74, 6) is -1.59. The standard InChI is InChI=1S/C15H24N2O4/c1-2-3-4-5-6-7-8-12(15(20)21)17-14(19)11-9-10-13(18)16-11/h2,11-12H,1,3-10H2,(H,16,18)(H,17,19)(H,20,21)/t11-,12-/m0/s1. The summed E-state index contributed by atoms with van der Waals surface area (Å²) in [6.07, 6.45) is 7.79. The van der Waals surface area contributed by atoms with Crippen molar-refractivity contribution in [2.75, 3.05) is 0 Å². The molecule has 0 radical (unpaired) electrons. The zero-order valence-corrected chi connectivity index (χ0v) is 12.3. The molecule has 6 heteroatoms. The number of carboxylic acid groups (broad SMARTS) is 1. The molecule has 21 heavy (non-hydrogen) atoms. The molecule has 3 N–H and O–H groups in total. The molecular weight excluding hydrogens is 272 g/mol. The largest absolute Gasteiger partial charge is 0.480 e. The molecule has 2 amide bonds. The van der Waals surface area contributed by atoms with E-state index in [1.165, 1.54) is 0 Å². The first-order valence-electron chi connectivity index (χ1n) is 7.48. The number of amides is 2. The zero-order valence-electron chi connectivity index (χ0n) is 12.3. The minimum Gasteiger partial charge on any atom is -0.480 e. The van der Waals surface area contributed by atoms with Gasteiger partial charge in [-0.05, 0) is 25.7 Å². The average Bonchev–Trinajstić information content (AvgIpc) is 2.87. The van der Waals surface area contributed by atoms with Gasteiger partial charge in [-0.15, -0.1) is 6.58 Å². The van der Waals surface area contributed by atoms with E-state index in [9.17, 15) is 14.4 Å². The zero-order chi connectivity index (χ0) is 15.7. The fraction of sp³-hybridized carbons (Fsp3) is 0.667. The molecule has 118 valence electrons. The average molecular weight is 296 g/mol. The van der Waals surface area contributed by atoms with Crippen LogP contribution in [0.25, 0.3) is 0 Å². The van der Waals surface area contributed by atoms with E-state index in [4.69, 9.17) is 5.11 Å². The van der Waals surface area contributed by atoms with Gasteiger partial charge >= 0.3 is 5.97 Å². The molecule has 1 aliphatic heterocycles. The van der Waals surface area contributed by atoms with E-state index in [1.54, 1.807) is 0 Å². The lowest BCUT2D eigenvalue weighted by Crippen LogP contribution is -2.48. The molecule has 1 aliphatic rings.